The molecule has 0 fully saturated rings. The van der Waals surface area contributed by atoms with Crippen molar-refractivity contribution in [1.82, 2.24) is 0 Å². The summed E-state index contributed by atoms with van der Waals surface area (Å²) in [5, 5.41) is 16.2. The standard InChI is InChI=1S/C6H12O3.C5H12O.C4H8O3/c1-3-8-4-5-9-6(2)7;1-2-3-4-5-6;1-4(6)7-3-2-5/h3-5H2,1-2H3;6H,2-5H2,1H3;5H,2-3H2,1H3. The minimum atomic E-state index is -0.353. The Kier molecular flexibility index (Phi) is 29.0. The van der Waals surface area contributed by atoms with E-state index in [1.807, 2.05) is 6.92 Å². The minimum absolute atomic E-state index is 0.0976. The molecule has 0 rings (SSSR count). The molecule has 0 saturated carbocycles. The zero-order valence-corrected chi connectivity index (χ0v) is 14.3. The molecule has 0 aliphatic carbocycles. The van der Waals surface area contributed by atoms with Gasteiger partial charge in [0.15, 0.2) is 0 Å². The number of unbranched alkanes of at least 4 members (excludes halogenated alkanes) is 2. The van der Waals surface area contributed by atoms with Gasteiger partial charge in [-0.25, -0.2) is 0 Å². The van der Waals surface area contributed by atoms with Gasteiger partial charge in [-0.2, -0.15) is 0 Å². The molecule has 0 aromatic rings. The van der Waals surface area contributed by atoms with E-state index in [0.29, 0.717) is 26.4 Å². The lowest BCUT2D eigenvalue weighted by molar-refractivity contribution is -0.143. The Balaban J connectivity index is -0.000000252. The van der Waals surface area contributed by atoms with Gasteiger partial charge in [0.2, 0.25) is 0 Å². The molecular formula is C15H32O7. The highest BCUT2D eigenvalue weighted by Gasteiger charge is 1.89. The number of carbonyl (C=O) groups is 2. The summed E-state index contributed by atoms with van der Waals surface area (Å²) in [7, 11) is 0. The lowest BCUT2D eigenvalue weighted by Gasteiger charge is -1.99. The molecule has 2 N–H and O–H groups in total. The van der Waals surface area contributed by atoms with E-state index in [0.717, 1.165) is 12.8 Å². The van der Waals surface area contributed by atoms with Gasteiger partial charge in [-0.05, 0) is 13.3 Å². The highest BCUT2D eigenvalue weighted by atomic mass is 16.6. The number of carbonyl (C=O) groups excluding carboxylic acids is 2. The molecule has 0 unspecified atom stereocenters. The number of hydrogen-bond donors (Lipinski definition) is 2. The van der Waals surface area contributed by atoms with Crippen LogP contribution in [0.4, 0.5) is 0 Å². The summed E-state index contributed by atoms with van der Waals surface area (Å²) in [6, 6.07) is 0. The number of aliphatic hydroxyl groups excluding tert-OH is 2. The first-order valence-corrected chi connectivity index (χ1v) is 7.52. The summed E-state index contributed by atoms with van der Waals surface area (Å²) in [5.41, 5.74) is 0. The Bertz CT molecular complexity index is 228. The molecule has 0 heterocycles. The molecule has 22 heavy (non-hydrogen) atoms. The van der Waals surface area contributed by atoms with Crippen LogP contribution in [0.5, 0.6) is 0 Å². The first-order chi connectivity index (χ1) is 10.5. The molecule has 0 bridgehead atoms. The first-order valence-electron chi connectivity index (χ1n) is 7.52. The highest BCUT2D eigenvalue weighted by Crippen LogP contribution is 1.89. The third-order valence-corrected chi connectivity index (χ3v) is 1.90. The van der Waals surface area contributed by atoms with Crippen molar-refractivity contribution in [3.8, 4) is 0 Å². The maximum atomic E-state index is 10.1. The zero-order valence-electron chi connectivity index (χ0n) is 14.3. The molecule has 0 saturated heterocycles. The Morgan fingerprint density at radius 3 is 1.64 bits per heavy atom. The Morgan fingerprint density at radius 2 is 1.36 bits per heavy atom. The molecular weight excluding hydrogens is 292 g/mol. The van der Waals surface area contributed by atoms with Gasteiger partial charge in [-0.3, -0.25) is 9.59 Å². The number of hydrogen-bond acceptors (Lipinski definition) is 7. The minimum Gasteiger partial charge on any atom is -0.463 e. The molecule has 0 atom stereocenters. The molecule has 7 nitrogen and oxygen atoms in total. The topological polar surface area (TPSA) is 102 Å². The van der Waals surface area contributed by atoms with Crippen LogP contribution in [0.2, 0.25) is 0 Å². The van der Waals surface area contributed by atoms with Crippen molar-refractivity contribution < 1.29 is 34.0 Å². The second kappa shape index (κ2) is 24.8. The predicted octanol–water partition coefficient (Wildman–Crippen LogP) is 1.30. The normalized spacial score (nSPS) is 8.82. The van der Waals surface area contributed by atoms with Crippen molar-refractivity contribution in [2.24, 2.45) is 0 Å². The molecule has 134 valence electrons. The van der Waals surface area contributed by atoms with Gasteiger partial charge in [0.25, 0.3) is 0 Å². The van der Waals surface area contributed by atoms with Crippen molar-refractivity contribution in [3.63, 3.8) is 0 Å². The Hall–Kier alpha value is -1.18. The van der Waals surface area contributed by atoms with Crippen molar-refractivity contribution >= 4 is 11.9 Å². The third-order valence-electron chi connectivity index (χ3n) is 1.90. The fraction of sp³-hybridized carbons (Fsp3) is 0.867. The number of rotatable bonds is 9. The van der Waals surface area contributed by atoms with Crippen LogP contribution in [0.1, 0.15) is 47.0 Å². The number of aliphatic hydroxyl groups is 2. The second-order valence-corrected chi connectivity index (χ2v) is 4.03. The quantitative estimate of drug-likeness (QED) is 0.487. The molecule has 7 heteroatoms. The summed E-state index contributed by atoms with van der Waals surface area (Å²) in [6.45, 7) is 8.59. The molecule has 0 aliphatic heterocycles. The fourth-order valence-electron chi connectivity index (χ4n) is 0.940. The Labute approximate surface area is 133 Å². The van der Waals surface area contributed by atoms with Crippen molar-refractivity contribution in [1.29, 1.82) is 0 Å². The monoisotopic (exact) mass is 324 g/mol. The summed E-state index contributed by atoms with van der Waals surface area (Å²) in [4.78, 5) is 20.0. The second-order valence-electron chi connectivity index (χ2n) is 4.03. The van der Waals surface area contributed by atoms with E-state index in [9.17, 15) is 9.59 Å². The van der Waals surface area contributed by atoms with E-state index in [4.69, 9.17) is 14.9 Å². The van der Waals surface area contributed by atoms with Crippen LogP contribution < -0.4 is 0 Å². The van der Waals surface area contributed by atoms with Crippen LogP contribution in [0, 0.1) is 0 Å². The SMILES string of the molecule is CC(=O)OCCO.CCCCCO.CCOCCOC(C)=O. The fourth-order valence-corrected chi connectivity index (χ4v) is 0.940. The van der Waals surface area contributed by atoms with Gasteiger partial charge in [-0.1, -0.05) is 19.8 Å². The van der Waals surface area contributed by atoms with E-state index in [1.54, 1.807) is 0 Å². The maximum absolute atomic E-state index is 10.1. The van der Waals surface area contributed by atoms with Gasteiger partial charge in [0.1, 0.15) is 13.2 Å². The van der Waals surface area contributed by atoms with Crippen LogP contribution in [-0.4, -0.2) is 61.8 Å². The largest absolute Gasteiger partial charge is 0.463 e. The van der Waals surface area contributed by atoms with Crippen molar-refractivity contribution in [2.75, 3.05) is 39.6 Å². The predicted molar refractivity (Wildman–Crippen MR) is 83.5 cm³/mol. The van der Waals surface area contributed by atoms with E-state index in [2.05, 4.69) is 16.4 Å². The van der Waals surface area contributed by atoms with Crippen LogP contribution in [0.3, 0.4) is 0 Å². The molecule has 0 amide bonds. The average molecular weight is 324 g/mol. The van der Waals surface area contributed by atoms with Crippen LogP contribution in [0.15, 0.2) is 0 Å². The van der Waals surface area contributed by atoms with Gasteiger partial charge < -0.3 is 24.4 Å². The molecule has 0 aromatic carbocycles. The van der Waals surface area contributed by atoms with Gasteiger partial charge in [0.05, 0.1) is 13.2 Å². The number of esters is 2. The molecule has 0 spiro atoms. The lowest BCUT2D eigenvalue weighted by atomic mass is 10.3. The van der Waals surface area contributed by atoms with Gasteiger partial charge >= 0.3 is 11.9 Å². The maximum Gasteiger partial charge on any atom is 0.302 e. The summed E-state index contributed by atoms with van der Waals surface area (Å²) in [6.07, 6.45) is 3.33. The van der Waals surface area contributed by atoms with Gasteiger partial charge in [-0.15, -0.1) is 0 Å². The van der Waals surface area contributed by atoms with Crippen molar-refractivity contribution in [2.45, 2.75) is 47.0 Å². The first kappa shape index (κ1) is 25.8. The van der Waals surface area contributed by atoms with E-state index in [-0.39, 0.29) is 25.2 Å². The van der Waals surface area contributed by atoms with E-state index < -0.39 is 0 Å². The average Bonchev–Trinajstić information content (AvgIpc) is 2.48. The Morgan fingerprint density at radius 1 is 0.818 bits per heavy atom. The van der Waals surface area contributed by atoms with Crippen LogP contribution >= 0.6 is 0 Å². The summed E-state index contributed by atoms with van der Waals surface area (Å²) >= 11 is 0. The highest BCUT2D eigenvalue weighted by molar-refractivity contribution is 5.66. The van der Waals surface area contributed by atoms with E-state index in [1.165, 1.54) is 20.3 Å². The smallest absolute Gasteiger partial charge is 0.302 e. The molecule has 0 aliphatic rings. The van der Waals surface area contributed by atoms with Crippen molar-refractivity contribution in [3.05, 3.63) is 0 Å². The molecule has 0 aromatic heterocycles. The number of ether oxygens (including phenoxy) is 3. The van der Waals surface area contributed by atoms with Crippen LogP contribution in [-0.2, 0) is 23.8 Å². The van der Waals surface area contributed by atoms with E-state index >= 15 is 0 Å². The third kappa shape index (κ3) is 42.8. The lowest BCUT2D eigenvalue weighted by Crippen LogP contribution is -2.06. The summed E-state index contributed by atoms with van der Waals surface area (Å²) < 4.78 is 13.8. The summed E-state index contributed by atoms with van der Waals surface area (Å²) in [5.74, 6) is -0.608. The molecule has 0 radical (unpaired) electrons. The zero-order chi connectivity index (χ0) is 17.6. The van der Waals surface area contributed by atoms with Gasteiger partial charge in [0, 0.05) is 27.1 Å². The van der Waals surface area contributed by atoms with Crippen LogP contribution in [0.25, 0.3) is 0 Å².